The molecule has 4 rings (SSSR count). The van der Waals surface area contributed by atoms with Gasteiger partial charge in [0.2, 0.25) is 0 Å². The van der Waals surface area contributed by atoms with Gasteiger partial charge in [-0.2, -0.15) is 0 Å². The molecule has 0 heterocycles. The van der Waals surface area contributed by atoms with E-state index in [9.17, 15) is 5.11 Å². The second kappa shape index (κ2) is 4.02. The molecule has 0 saturated heterocycles. The van der Waals surface area contributed by atoms with Crippen LogP contribution in [-0.2, 0) is 0 Å². The maximum Gasteiger partial charge on any atom is 0.0925 e. The molecule has 0 aliphatic heterocycles. The zero-order chi connectivity index (χ0) is 14.0. The number of rotatable bonds is 0. The Labute approximate surface area is 122 Å². The van der Waals surface area contributed by atoms with Crippen LogP contribution >= 0.6 is 0 Å². The Balaban J connectivity index is 1.73. The summed E-state index contributed by atoms with van der Waals surface area (Å²) in [6.07, 6.45) is 16.7. The SMILES string of the molecule is C[C@@]12C=CC[C@H]1[C@@H]1CC=C3C=C(O)CC[C@]3(C)[C@H]1CC2. The predicted molar refractivity (Wildman–Crippen MR) is 82.3 cm³/mol. The van der Waals surface area contributed by atoms with Gasteiger partial charge in [-0.3, -0.25) is 0 Å². The summed E-state index contributed by atoms with van der Waals surface area (Å²) >= 11 is 0. The molecule has 1 saturated carbocycles. The lowest BCUT2D eigenvalue weighted by atomic mass is 9.49. The lowest BCUT2D eigenvalue weighted by molar-refractivity contribution is -0.00716. The van der Waals surface area contributed by atoms with Crippen LogP contribution in [0.2, 0.25) is 0 Å². The number of aliphatic hydroxyl groups is 1. The topological polar surface area (TPSA) is 20.2 Å². The predicted octanol–water partition coefficient (Wildman–Crippen LogP) is 5.17. The average Bonchev–Trinajstić information content (AvgIpc) is 2.81. The third kappa shape index (κ3) is 1.55. The molecule has 20 heavy (non-hydrogen) atoms. The molecule has 5 atom stereocenters. The molecule has 0 aromatic carbocycles. The van der Waals surface area contributed by atoms with Crippen molar-refractivity contribution < 1.29 is 5.11 Å². The fourth-order valence-corrected chi connectivity index (χ4v) is 5.79. The quantitative estimate of drug-likeness (QED) is 0.602. The second-order valence-corrected chi connectivity index (χ2v) is 8.01. The Morgan fingerprint density at radius 3 is 2.85 bits per heavy atom. The van der Waals surface area contributed by atoms with Gasteiger partial charge in [0.05, 0.1) is 5.76 Å². The van der Waals surface area contributed by atoms with Crippen LogP contribution in [0.15, 0.2) is 35.6 Å². The first-order valence-corrected chi connectivity index (χ1v) is 8.31. The van der Waals surface area contributed by atoms with Crippen LogP contribution in [0.25, 0.3) is 0 Å². The number of hydrogen-bond acceptors (Lipinski definition) is 1. The van der Waals surface area contributed by atoms with E-state index in [2.05, 4.69) is 38.2 Å². The van der Waals surface area contributed by atoms with Gasteiger partial charge in [-0.25, -0.2) is 0 Å². The molecule has 4 aliphatic rings. The van der Waals surface area contributed by atoms with Gasteiger partial charge in [-0.1, -0.05) is 32.1 Å². The Morgan fingerprint density at radius 2 is 2.00 bits per heavy atom. The standard InChI is InChI=1S/C19H26O/c1-18-9-3-4-16(18)15-6-5-13-12-14(20)7-11-19(13,2)17(15)8-10-18/h3,5,9,12,15-17,20H,4,6-8,10-11H2,1-2H3/t15-,16-,17-,18-,19-/m0/s1. The summed E-state index contributed by atoms with van der Waals surface area (Å²) < 4.78 is 0. The lowest BCUT2D eigenvalue weighted by Gasteiger charge is -2.56. The summed E-state index contributed by atoms with van der Waals surface area (Å²) in [7, 11) is 0. The first-order chi connectivity index (χ1) is 9.53. The molecule has 0 amide bonds. The molecule has 0 aromatic rings. The molecule has 1 nitrogen and oxygen atoms in total. The van der Waals surface area contributed by atoms with Crippen LogP contribution in [0.1, 0.15) is 52.4 Å². The van der Waals surface area contributed by atoms with Gasteiger partial charge in [-0.15, -0.1) is 0 Å². The zero-order valence-corrected chi connectivity index (χ0v) is 12.7. The zero-order valence-electron chi connectivity index (χ0n) is 12.7. The number of allylic oxidation sites excluding steroid dienone is 6. The smallest absolute Gasteiger partial charge is 0.0925 e. The first-order valence-electron chi connectivity index (χ1n) is 8.31. The van der Waals surface area contributed by atoms with E-state index in [1.807, 2.05) is 0 Å². The van der Waals surface area contributed by atoms with Crippen molar-refractivity contribution in [3.8, 4) is 0 Å². The van der Waals surface area contributed by atoms with Crippen molar-refractivity contribution in [2.24, 2.45) is 28.6 Å². The van der Waals surface area contributed by atoms with E-state index < -0.39 is 0 Å². The molecular weight excluding hydrogens is 244 g/mol. The van der Waals surface area contributed by atoms with Crippen LogP contribution in [0.5, 0.6) is 0 Å². The number of aliphatic hydroxyl groups excluding tert-OH is 1. The van der Waals surface area contributed by atoms with Crippen LogP contribution in [-0.4, -0.2) is 5.11 Å². The third-order valence-corrected chi connectivity index (χ3v) is 7.07. The van der Waals surface area contributed by atoms with Crippen molar-refractivity contribution in [2.75, 3.05) is 0 Å². The largest absolute Gasteiger partial charge is 0.512 e. The van der Waals surface area contributed by atoms with Crippen molar-refractivity contribution in [3.05, 3.63) is 35.6 Å². The summed E-state index contributed by atoms with van der Waals surface area (Å²) in [5.41, 5.74) is 2.21. The normalized spacial score (nSPS) is 49.8. The monoisotopic (exact) mass is 270 g/mol. The van der Waals surface area contributed by atoms with Gasteiger partial charge in [0.1, 0.15) is 0 Å². The van der Waals surface area contributed by atoms with Crippen LogP contribution in [0.3, 0.4) is 0 Å². The fourth-order valence-electron chi connectivity index (χ4n) is 5.79. The number of hydrogen-bond donors (Lipinski definition) is 1. The van der Waals surface area contributed by atoms with Crippen molar-refractivity contribution in [1.82, 2.24) is 0 Å². The van der Waals surface area contributed by atoms with Crippen LogP contribution in [0, 0.1) is 28.6 Å². The van der Waals surface area contributed by atoms with Gasteiger partial charge in [-0.05, 0) is 72.3 Å². The molecule has 1 heteroatoms. The highest BCUT2D eigenvalue weighted by Gasteiger charge is 2.53. The molecule has 0 spiro atoms. The Morgan fingerprint density at radius 1 is 1.15 bits per heavy atom. The van der Waals surface area contributed by atoms with Gasteiger partial charge < -0.3 is 5.11 Å². The molecular formula is C19H26O. The van der Waals surface area contributed by atoms with E-state index in [1.165, 1.54) is 31.3 Å². The van der Waals surface area contributed by atoms with Crippen molar-refractivity contribution in [3.63, 3.8) is 0 Å². The molecule has 0 bridgehead atoms. The summed E-state index contributed by atoms with van der Waals surface area (Å²) in [6, 6.07) is 0. The highest BCUT2D eigenvalue weighted by atomic mass is 16.3. The van der Waals surface area contributed by atoms with E-state index in [0.29, 0.717) is 16.6 Å². The van der Waals surface area contributed by atoms with E-state index in [1.54, 1.807) is 0 Å². The van der Waals surface area contributed by atoms with Gasteiger partial charge in [0, 0.05) is 6.42 Å². The molecule has 108 valence electrons. The number of fused-ring (bicyclic) bond motifs is 5. The average molecular weight is 270 g/mol. The summed E-state index contributed by atoms with van der Waals surface area (Å²) in [5, 5.41) is 9.86. The molecule has 1 N–H and O–H groups in total. The minimum Gasteiger partial charge on any atom is -0.512 e. The third-order valence-electron chi connectivity index (χ3n) is 7.07. The second-order valence-electron chi connectivity index (χ2n) is 8.01. The molecule has 0 unspecified atom stereocenters. The molecule has 0 radical (unpaired) electrons. The lowest BCUT2D eigenvalue weighted by Crippen LogP contribution is -2.47. The molecule has 0 aromatic heterocycles. The highest BCUT2D eigenvalue weighted by molar-refractivity contribution is 5.35. The highest BCUT2D eigenvalue weighted by Crippen LogP contribution is 2.62. The van der Waals surface area contributed by atoms with E-state index in [4.69, 9.17) is 0 Å². The summed E-state index contributed by atoms with van der Waals surface area (Å²) in [4.78, 5) is 0. The maximum atomic E-state index is 9.86. The molecule has 1 fully saturated rings. The van der Waals surface area contributed by atoms with E-state index >= 15 is 0 Å². The van der Waals surface area contributed by atoms with Crippen molar-refractivity contribution in [1.29, 1.82) is 0 Å². The van der Waals surface area contributed by atoms with Gasteiger partial charge in [0.15, 0.2) is 0 Å². The summed E-state index contributed by atoms with van der Waals surface area (Å²) in [5.74, 6) is 3.13. The van der Waals surface area contributed by atoms with Crippen molar-refractivity contribution in [2.45, 2.75) is 52.4 Å². The summed E-state index contributed by atoms with van der Waals surface area (Å²) in [6.45, 7) is 4.94. The Kier molecular flexibility index (Phi) is 2.56. The van der Waals surface area contributed by atoms with Crippen LogP contribution < -0.4 is 0 Å². The first kappa shape index (κ1) is 12.7. The molecule has 4 aliphatic carbocycles. The van der Waals surface area contributed by atoms with E-state index in [0.717, 1.165) is 30.6 Å². The van der Waals surface area contributed by atoms with Gasteiger partial charge >= 0.3 is 0 Å². The van der Waals surface area contributed by atoms with Crippen molar-refractivity contribution >= 4 is 0 Å². The minimum absolute atomic E-state index is 0.319. The Bertz CT molecular complexity index is 526. The minimum atomic E-state index is 0.319. The fraction of sp³-hybridized carbons (Fsp3) is 0.684. The Hall–Kier alpha value is -0.980. The van der Waals surface area contributed by atoms with Gasteiger partial charge in [0.25, 0.3) is 0 Å². The van der Waals surface area contributed by atoms with Crippen LogP contribution in [0.4, 0.5) is 0 Å². The van der Waals surface area contributed by atoms with E-state index in [-0.39, 0.29) is 0 Å². The maximum absolute atomic E-state index is 9.86.